The second-order valence-corrected chi connectivity index (χ2v) is 7.14. The van der Waals surface area contributed by atoms with Gasteiger partial charge in [-0.2, -0.15) is 0 Å². The van der Waals surface area contributed by atoms with E-state index in [1.54, 1.807) is 11.9 Å². The third kappa shape index (κ3) is 6.11. The summed E-state index contributed by atoms with van der Waals surface area (Å²) in [5.41, 5.74) is 2.42. The van der Waals surface area contributed by atoms with Crippen molar-refractivity contribution in [3.8, 4) is 0 Å². The van der Waals surface area contributed by atoms with Crippen molar-refractivity contribution in [2.45, 2.75) is 38.7 Å². The van der Waals surface area contributed by atoms with Gasteiger partial charge < -0.3 is 14.7 Å². The van der Waals surface area contributed by atoms with Crippen LogP contribution in [-0.2, 0) is 14.3 Å². The molecule has 0 aliphatic carbocycles. The van der Waals surface area contributed by atoms with Crippen LogP contribution in [0, 0.1) is 6.92 Å². The zero-order valence-electron chi connectivity index (χ0n) is 16.0. The first kappa shape index (κ1) is 20.4. The van der Waals surface area contributed by atoms with Gasteiger partial charge in [-0.3, -0.25) is 14.5 Å². The van der Waals surface area contributed by atoms with E-state index in [4.69, 9.17) is 9.84 Å². The van der Waals surface area contributed by atoms with Crippen LogP contribution in [0.3, 0.4) is 0 Å². The van der Waals surface area contributed by atoms with Crippen LogP contribution in [0.15, 0.2) is 24.3 Å². The van der Waals surface area contributed by atoms with Crippen LogP contribution in [0.25, 0.3) is 0 Å². The van der Waals surface area contributed by atoms with Gasteiger partial charge in [-0.05, 0) is 31.9 Å². The Hall–Kier alpha value is -1.92. The predicted molar refractivity (Wildman–Crippen MR) is 100 cm³/mol. The number of carbonyl (C=O) groups is 2. The highest BCUT2D eigenvalue weighted by Crippen LogP contribution is 2.25. The number of ether oxygens (including phenoxy) is 1. The lowest BCUT2D eigenvalue weighted by atomic mass is 9.92. The first-order valence-corrected chi connectivity index (χ1v) is 9.25. The molecule has 0 aromatic heterocycles. The number of carbonyl (C=O) groups excluding carboxylic acids is 1. The molecule has 1 aromatic carbocycles. The smallest absolute Gasteiger partial charge is 0.317 e. The maximum absolute atomic E-state index is 12.8. The maximum atomic E-state index is 12.8. The molecule has 1 heterocycles. The van der Waals surface area contributed by atoms with Crippen molar-refractivity contribution in [2.75, 3.05) is 39.8 Å². The number of hydrogen-bond donors (Lipinski definition) is 1. The molecule has 1 aliphatic heterocycles. The second kappa shape index (κ2) is 9.69. The molecule has 0 spiro atoms. The Morgan fingerprint density at radius 3 is 2.65 bits per heavy atom. The van der Waals surface area contributed by atoms with Crippen molar-refractivity contribution in [3.63, 3.8) is 0 Å². The van der Waals surface area contributed by atoms with E-state index >= 15 is 0 Å². The van der Waals surface area contributed by atoms with Gasteiger partial charge in [-0.15, -0.1) is 0 Å². The summed E-state index contributed by atoms with van der Waals surface area (Å²) in [5, 5.41) is 8.86. The normalized spacial score (nSPS) is 18.8. The monoisotopic (exact) mass is 362 g/mol. The number of rotatable bonds is 8. The molecule has 1 amide bonds. The van der Waals surface area contributed by atoms with Crippen LogP contribution >= 0.6 is 0 Å². The second-order valence-electron chi connectivity index (χ2n) is 7.14. The zero-order chi connectivity index (χ0) is 19.1. The number of benzene rings is 1. The minimum Gasteiger partial charge on any atom is -0.480 e. The van der Waals surface area contributed by atoms with Gasteiger partial charge >= 0.3 is 5.97 Å². The lowest BCUT2D eigenvalue weighted by Gasteiger charge is -2.35. The van der Waals surface area contributed by atoms with E-state index in [9.17, 15) is 9.59 Å². The Labute approximate surface area is 155 Å². The molecule has 1 fully saturated rings. The topological polar surface area (TPSA) is 70.1 Å². The number of morpholine rings is 1. The van der Waals surface area contributed by atoms with Gasteiger partial charge in [0.2, 0.25) is 5.91 Å². The molecular formula is C20H30N2O4. The maximum Gasteiger partial charge on any atom is 0.317 e. The standard InChI is InChI=1S/C20H30N2O4/c1-4-16(17-7-5-15(2)6-8-17)11-19(23)22-9-10-26-18(13-22)12-21(3)14-20(24)25/h5-8,16,18H,4,9-14H2,1-3H3,(H,24,25). The number of carboxylic acids is 1. The number of aryl methyl sites for hydroxylation is 1. The number of hydrogen-bond acceptors (Lipinski definition) is 4. The third-order valence-electron chi connectivity index (χ3n) is 4.87. The van der Waals surface area contributed by atoms with Crippen LogP contribution in [0.4, 0.5) is 0 Å². The fraction of sp³-hybridized carbons (Fsp3) is 0.600. The van der Waals surface area contributed by atoms with Crippen LogP contribution in [0.1, 0.15) is 36.8 Å². The minimum absolute atomic E-state index is 0.0286. The minimum atomic E-state index is -0.861. The zero-order valence-corrected chi connectivity index (χ0v) is 16.0. The van der Waals surface area contributed by atoms with E-state index in [1.807, 2.05) is 4.90 Å². The van der Waals surface area contributed by atoms with Crippen molar-refractivity contribution in [1.82, 2.24) is 9.80 Å². The molecule has 0 radical (unpaired) electrons. The van der Waals surface area contributed by atoms with Crippen molar-refractivity contribution < 1.29 is 19.4 Å². The van der Waals surface area contributed by atoms with Crippen molar-refractivity contribution in [2.24, 2.45) is 0 Å². The highest BCUT2D eigenvalue weighted by molar-refractivity contribution is 5.77. The van der Waals surface area contributed by atoms with Crippen LogP contribution < -0.4 is 0 Å². The Bertz CT molecular complexity index is 602. The fourth-order valence-corrected chi connectivity index (χ4v) is 3.38. The molecule has 2 rings (SSSR count). The summed E-state index contributed by atoms with van der Waals surface area (Å²) in [6.07, 6.45) is 1.28. The number of nitrogens with zero attached hydrogens (tertiary/aromatic N) is 2. The van der Waals surface area contributed by atoms with Crippen LogP contribution in [-0.4, -0.2) is 72.7 Å². The molecular weight excluding hydrogens is 332 g/mol. The molecule has 1 saturated heterocycles. The molecule has 6 heteroatoms. The van der Waals surface area contributed by atoms with E-state index in [0.29, 0.717) is 32.7 Å². The predicted octanol–water partition coefficient (Wildman–Crippen LogP) is 2.12. The molecule has 1 aromatic rings. The lowest BCUT2D eigenvalue weighted by molar-refractivity contribution is -0.142. The highest BCUT2D eigenvalue weighted by Gasteiger charge is 2.27. The number of aliphatic carboxylic acids is 1. The van der Waals surface area contributed by atoms with E-state index in [1.165, 1.54) is 11.1 Å². The summed E-state index contributed by atoms with van der Waals surface area (Å²) in [4.78, 5) is 27.1. The molecule has 2 atom stereocenters. The largest absolute Gasteiger partial charge is 0.480 e. The van der Waals surface area contributed by atoms with Gasteiger partial charge in [0.15, 0.2) is 0 Å². The van der Waals surface area contributed by atoms with Crippen molar-refractivity contribution in [1.29, 1.82) is 0 Å². The third-order valence-corrected chi connectivity index (χ3v) is 4.87. The van der Waals surface area contributed by atoms with E-state index < -0.39 is 5.97 Å². The van der Waals surface area contributed by atoms with Gasteiger partial charge in [0.25, 0.3) is 0 Å². The molecule has 1 aliphatic rings. The van der Waals surface area contributed by atoms with Crippen LogP contribution in [0.2, 0.25) is 0 Å². The molecule has 144 valence electrons. The number of amides is 1. The Kier molecular flexibility index (Phi) is 7.60. The summed E-state index contributed by atoms with van der Waals surface area (Å²) in [7, 11) is 1.75. The Morgan fingerprint density at radius 1 is 1.35 bits per heavy atom. The SMILES string of the molecule is CCC(CC(=O)N1CCOC(CN(C)CC(=O)O)C1)c1ccc(C)cc1. The Morgan fingerprint density at radius 2 is 2.04 bits per heavy atom. The van der Waals surface area contributed by atoms with E-state index in [2.05, 4.69) is 38.1 Å². The van der Waals surface area contributed by atoms with Gasteiger partial charge in [0.1, 0.15) is 0 Å². The molecule has 26 heavy (non-hydrogen) atoms. The number of carboxylic acid groups (broad SMARTS) is 1. The van der Waals surface area contributed by atoms with Gasteiger partial charge in [0, 0.05) is 26.1 Å². The lowest BCUT2D eigenvalue weighted by Crippen LogP contribution is -2.49. The molecule has 2 unspecified atom stereocenters. The molecule has 0 saturated carbocycles. The molecule has 0 bridgehead atoms. The first-order chi connectivity index (χ1) is 12.4. The quantitative estimate of drug-likeness (QED) is 0.767. The van der Waals surface area contributed by atoms with Gasteiger partial charge in [0.05, 0.1) is 19.3 Å². The highest BCUT2D eigenvalue weighted by atomic mass is 16.5. The average molecular weight is 362 g/mol. The first-order valence-electron chi connectivity index (χ1n) is 9.25. The average Bonchev–Trinajstić information content (AvgIpc) is 2.59. The summed E-state index contributed by atoms with van der Waals surface area (Å²) in [6, 6.07) is 8.40. The summed E-state index contributed by atoms with van der Waals surface area (Å²) in [6.45, 7) is 6.27. The van der Waals surface area contributed by atoms with Gasteiger partial charge in [-0.1, -0.05) is 36.8 Å². The van der Waals surface area contributed by atoms with Crippen molar-refractivity contribution in [3.05, 3.63) is 35.4 Å². The molecule has 1 N–H and O–H groups in total. The fourth-order valence-electron chi connectivity index (χ4n) is 3.38. The summed E-state index contributed by atoms with van der Waals surface area (Å²) in [5.74, 6) is -0.495. The summed E-state index contributed by atoms with van der Waals surface area (Å²) < 4.78 is 5.71. The van der Waals surface area contributed by atoms with Crippen molar-refractivity contribution >= 4 is 11.9 Å². The van der Waals surface area contributed by atoms with Crippen LogP contribution in [0.5, 0.6) is 0 Å². The van der Waals surface area contributed by atoms with E-state index in [-0.39, 0.29) is 24.5 Å². The molecule has 6 nitrogen and oxygen atoms in total. The van der Waals surface area contributed by atoms with Gasteiger partial charge in [-0.25, -0.2) is 0 Å². The van der Waals surface area contributed by atoms with E-state index in [0.717, 1.165) is 6.42 Å². The Balaban J connectivity index is 1.91. The summed E-state index contributed by atoms with van der Waals surface area (Å²) >= 11 is 0. The number of likely N-dealkylation sites (N-methyl/N-ethyl adjacent to an activating group) is 1.